The molecule has 0 aliphatic carbocycles. The Morgan fingerprint density at radius 3 is 2.82 bits per heavy atom. The van der Waals surface area contributed by atoms with E-state index in [-0.39, 0.29) is 31.2 Å². The van der Waals surface area contributed by atoms with Gasteiger partial charge in [-0.25, -0.2) is 0 Å². The lowest BCUT2D eigenvalue weighted by atomic mass is 10.2. The first-order valence-corrected chi connectivity index (χ1v) is 6.37. The maximum atomic E-state index is 11.4. The van der Waals surface area contributed by atoms with E-state index in [9.17, 15) is 9.59 Å². The van der Waals surface area contributed by atoms with Gasteiger partial charge in [0.15, 0.2) is 5.78 Å². The van der Waals surface area contributed by atoms with Crippen LogP contribution in [0.2, 0.25) is 0 Å². The van der Waals surface area contributed by atoms with E-state index in [1.165, 1.54) is 0 Å². The lowest BCUT2D eigenvalue weighted by Crippen LogP contribution is -2.12. The molecule has 0 radical (unpaired) electrons. The molecule has 5 heteroatoms. The Bertz CT molecular complexity index is 345. The maximum Gasteiger partial charge on any atom is 0.306 e. The van der Waals surface area contributed by atoms with Crippen molar-refractivity contribution >= 4 is 23.1 Å². The second-order valence-electron chi connectivity index (χ2n) is 3.42. The van der Waals surface area contributed by atoms with Gasteiger partial charge in [0.2, 0.25) is 0 Å². The average Bonchev–Trinajstić information content (AvgIpc) is 2.80. The van der Waals surface area contributed by atoms with E-state index in [0.717, 1.165) is 4.88 Å². The first-order valence-electron chi connectivity index (χ1n) is 5.49. The summed E-state index contributed by atoms with van der Waals surface area (Å²) in [6.07, 6.45) is 0.318. The van der Waals surface area contributed by atoms with Crippen molar-refractivity contribution in [2.24, 2.45) is 0 Å². The summed E-state index contributed by atoms with van der Waals surface area (Å²) < 4.78 is 9.97. The number of ether oxygens (including phenoxy) is 2. The Labute approximate surface area is 105 Å². The molecule has 1 aromatic heterocycles. The summed E-state index contributed by atoms with van der Waals surface area (Å²) in [7, 11) is 0. The molecule has 0 N–H and O–H groups in total. The Morgan fingerprint density at radius 2 is 2.18 bits per heavy atom. The lowest BCUT2D eigenvalue weighted by molar-refractivity contribution is -0.144. The number of esters is 1. The van der Waals surface area contributed by atoms with Crippen molar-refractivity contribution in [1.82, 2.24) is 0 Å². The minimum Gasteiger partial charge on any atom is -0.466 e. The monoisotopic (exact) mass is 256 g/mol. The molecule has 0 aliphatic rings. The molecule has 0 aliphatic heterocycles. The van der Waals surface area contributed by atoms with Crippen LogP contribution in [0, 0.1) is 0 Å². The molecule has 0 unspecified atom stereocenters. The Balaban J connectivity index is 2.07. The van der Waals surface area contributed by atoms with Gasteiger partial charge in [-0.2, -0.15) is 0 Å². The van der Waals surface area contributed by atoms with E-state index in [1.54, 1.807) is 18.3 Å². The molecular weight excluding hydrogens is 240 g/mol. The van der Waals surface area contributed by atoms with Crippen molar-refractivity contribution in [3.05, 3.63) is 22.4 Å². The molecule has 1 rings (SSSR count). The van der Waals surface area contributed by atoms with E-state index in [0.29, 0.717) is 13.2 Å². The predicted molar refractivity (Wildman–Crippen MR) is 64.8 cm³/mol. The van der Waals surface area contributed by atoms with Crippen LogP contribution in [-0.4, -0.2) is 25.0 Å². The van der Waals surface area contributed by atoms with Gasteiger partial charge in [0.05, 0.1) is 19.6 Å². The van der Waals surface area contributed by atoms with Crippen LogP contribution >= 0.6 is 11.3 Å². The molecule has 17 heavy (non-hydrogen) atoms. The third-order valence-electron chi connectivity index (χ3n) is 2.00. The van der Waals surface area contributed by atoms with Gasteiger partial charge >= 0.3 is 5.97 Å². The number of rotatable bonds is 8. The van der Waals surface area contributed by atoms with Crippen molar-refractivity contribution in [1.29, 1.82) is 0 Å². The van der Waals surface area contributed by atoms with Crippen molar-refractivity contribution in [2.75, 3.05) is 13.2 Å². The zero-order valence-electron chi connectivity index (χ0n) is 9.81. The molecule has 0 fully saturated rings. The van der Waals surface area contributed by atoms with Crippen LogP contribution in [0.3, 0.4) is 0 Å². The molecule has 94 valence electrons. The highest BCUT2D eigenvalue weighted by Crippen LogP contribution is 2.09. The highest BCUT2D eigenvalue weighted by molar-refractivity contribution is 7.09. The molecule has 1 aromatic rings. The topological polar surface area (TPSA) is 52.6 Å². The van der Waals surface area contributed by atoms with Gasteiger partial charge in [0.1, 0.15) is 6.61 Å². The summed E-state index contributed by atoms with van der Waals surface area (Å²) in [6.45, 7) is 2.59. The van der Waals surface area contributed by atoms with E-state index in [2.05, 4.69) is 0 Å². The van der Waals surface area contributed by atoms with E-state index < -0.39 is 0 Å². The summed E-state index contributed by atoms with van der Waals surface area (Å²) in [4.78, 5) is 23.4. The van der Waals surface area contributed by atoms with E-state index in [4.69, 9.17) is 9.47 Å². The number of ketones is 1. The van der Waals surface area contributed by atoms with Gasteiger partial charge in [-0.3, -0.25) is 9.59 Å². The van der Waals surface area contributed by atoms with Gasteiger partial charge in [-0.1, -0.05) is 6.07 Å². The molecule has 0 aromatic carbocycles. The smallest absolute Gasteiger partial charge is 0.306 e. The van der Waals surface area contributed by atoms with Crippen LogP contribution in [0.4, 0.5) is 0 Å². The zero-order valence-corrected chi connectivity index (χ0v) is 10.6. The summed E-state index contributed by atoms with van der Waals surface area (Å²) in [6, 6.07) is 3.89. The molecule has 1 heterocycles. The minimum absolute atomic E-state index is 0.0529. The number of carbonyl (C=O) groups is 2. The van der Waals surface area contributed by atoms with Crippen molar-refractivity contribution in [3.8, 4) is 0 Å². The third kappa shape index (κ3) is 6.19. The number of Topliss-reactive ketones (excluding diaryl/α,β-unsaturated/α-hetero) is 1. The predicted octanol–water partition coefficient (Wildman–Crippen LogP) is 2.18. The Morgan fingerprint density at radius 1 is 1.35 bits per heavy atom. The van der Waals surface area contributed by atoms with Gasteiger partial charge in [0.25, 0.3) is 0 Å². The molecule has 0 amide bonds. The molecule has 4 nitrogen and oxygen atoms in total. The summed E-state index contributed by atoms with van der Waals surface area (Å²) in [5.74, 6) is -0.409. The lowest BCUT2D eigenvalue weighted by Gasteiger charge is -2.02. The zero-order chi connectivity index (χ0) is 12.5. The molecule has 0 spiro atoms. The van der Waals surface area contributed by atoms with Crippen LogP contribution in [0.15, 0.2) is 17.5 Å². The van der Waals surface area contributed by atoms with Crippen molar-refractivity contribution in [2.45, 2.75) is 26.4 Å². The average molecular weight is 256 g/mol. The van der Waals surface area contributed by atoms with Gasteiger partial charge in [-0.15, -0.1) is 11.3 Å². The summed E-state index contributed by atoms with van der Waals surface area (Å²) >= 11 is 1.59. The fourth-order valence-electron chi connectivity index (χ4n) is 1.21. The second kappa shape index (κ2) is 7.97. The standard InChI is InChI=1S/C12H16O4S/c1-2-16-12(14)6-5-10(13)8-15-9-11-4-3-7-17-11/h3-4,7H,2,5-6,8-9H2,1H3. The van der Waals surface area contributed by atoms with E-state index in [1.807, 2.05) is 17.5 Å². The number of thiophene rings is 1. The van der Waals surface area contributed by atoms with Crippen molar-refractivity contribution < 1.29 is 19.1 Å². The minimum atomic E-state index is -0.334. The van der Waals surface area contributed by atoms with Gasteiger partial charge < -0.3 is 9.47 Å². The Kier molecular flexibility index (Phi) is 6.50. The fourth-order valence-corrected chi connectivity index (χ4v) is 1.85. The molecular formula is C12H16O4S. The first kappa shape index (κ1) is 13.9. The normalized spacial score (nSPS) is 10.2. The number of hydrogen-bond donors (Lipinski definition) is 0. The molecule has 0 bridgehead atoms. The van der Waals surface area contributed by atoms with Crippen LogP contribution in [0.5, 0.6) is 0 Å². The second-order valence-corrected chi connectivity index (χ2v) is 4.45. The largest absolute Gasteiger partial charge is 0.466 e. The van der Waals surface area contributed by atoms with Crippen LogP contribution in [0.1, 0.15) is 24.6 Å². The quantitative estimate of drug-likeness (QED) is 0.669. The fraction of sp³-hybridized carbons (Fsp3) is 0.500. The molecule has 0 atom stereocenters. The highest BCUT2D eigenvalue weighted by atomic mass is 32.1. The number of hydrogen-bond acceptors (Lipinski definition) is 5. The number of carbonyl (C=O) groups excluding carboxylic acids is 2. The third-order valence-corrected chi connectivity index (χ3v) is 2.85. The van der Waals surface area contributed by atoms with Gasteiger partial charge in [-0.05, 0) is 18.4 Å². The first-order chi connectivity index (χ1) is 8.22. The molecule has 0 saturated heterocycles. The summed E-state index contributed by atoms with van der Waals surface area (Å²) in [5.41, 5.74) is 0. The molecule has 0 saturated carbocycles. The van der Waals surface area contributed by atoms with Crippen LogP contribution in [-0.2, 0) is 25.7 Å². The van der Waals surface area contributed by atoms with E-state index >= 15 is 0 Å². The summed E-state index contributed by atoms with van der Waals surface area (Å²) in [5, 5.41) is 1.96. The maximum absolute atomic E-state index is 11.4. The van der Waals surface area contributed by atoms with Crippen LogP contribution < -0.4 is 0 Å². The SMILES string of the molecule is CCOC(=O)CCC(=O)COCc1cccs1. The van der Waals surface area contributed by atoms with Crippen LogP contribution in [0.25, 0.3) is 0 Å². The Hall–Kier alpha value is -1.20. The highest BCUT2D eigenvalue weighted by Gasteiger charge is 2.07. The van der Waals surface area contributed by atoms with Crippen molar-refractivity contribution in [3.63, 3.8) is 0 Å². The van der Waals surface area contributed by atoms with Gasteiger partial charge in [0, 0.05) is 11.3 Å².